The summed E-state index contributed by atoms with van der Waals surface area (Å²) in [5, 5.41) is 6.32. The average Bonchev–Trinajstić information content (AvgIpc) is 2.97. The number of hydrogen-bond acceptors (Lipinski definition) is 3. The summed E-state index contributed by atoms with van der Waals surface area (Å²) in [5.74, 6) is 0.680. The maximum atomic E-state index is 12.6. The molecule has 0 aromatic carbocycles. The molecule has 3 amide bonds. The number of hydrogen-bond donors (Lipinski definition) is 2. The minimum absolute atomic E-state index is 0.0121. The monoisotopic (exact) mass is 265 g/mol. The van der Waals surface area contributed by atoms with Gasteiger partial charge in [-0.3, -0.25) is 9.69 Å². The summed E-state index contributed by atoms with van der Waals surface area (Å²) in [5.41, 5.74) is -0.581. The molecule has 2 saturated heterocycles. The van der Waals surface area contributed by atoms with Crippen LogP contribution in [0.2, 0.25) is 0 Å². The lowest BCUT2D eigenvalue weighted by atomic mass is 9.77. The molecule has 0 bridgehead atoms. The fourth-order valence-electron chi connectivity index (χ4n) is 3.57. The van der Waals surface area contributed by atoms with Gasteiger partial charge in [-0.1, -0.05) is 6.92 Å². The molecular formula is C14H23N3O2. The van der Waals surface area contributed by atoms with Gasteiger partial charge in [0.2, 0.25) is 0 Å². The van der Waals surface area contributed by atoms with Crippen LogP contribution in [0.15, 0.2) is 0 Å². The second-order valence-electron chi connectivity index (χ2n) is 6.40. The average molecular weight is 265 g/mol. The fourth-order valence-corrected chi connectivity index (χ4v) is 3.57. The van der Waals surface area contributed by atoms with E-state index >= 15 is 0 Å². The Balaban J connectivity index is 1.69. The van der Waals surface area contributed by atoms with E-state index in [9.17, 15) is 9.59 Å². The second kappa shape index (κ2) is 4.78. The van der Waals surface area contributed by atoms with Crippen molar-refractivity contribution in [1.82, 2.24) is 15.5 Å². The first-order valence-electron chi connectivity index (χ1n) is 7.48. The van der Waals surface area contributed by atoms with Crippen LogP contribution in [0.5, 0.6) is 0 Å². The Hall–Kier alpha value is -1.10. The maximum absolute atomic E-state index is 12.6. The molecule has 3 fully saturated rings. The summed E-state index contributed by atoms with van der Waals surface area (Å²) in [4.78, 5) is 26.1. The summed E-state index contributed by atoms with van der Waals surface area (Å²) in [6.45, 7) is 3.74. The molecule has 1 spiro atoms. The van der Waals surface area contributed by atoms with E-state index in [2.05, 4.69) is 17.6 Å². The third-order valence-electron chi connectivity index (χ3n) is 4.94. The van der Waals surface area contributed by atoms with Gasteiger partial charge in [0.15, 0.2) is 0 Å². The van der Waals surface area contributed by atoms with Crippen LogP contribution in [0.4, 0.5) is 4.79 Å². The fraction of sp³-hybridized carbons (Fsp3) is 0.857. The number of carbonyl (C=O) groups excluding carboxylic acids is 2. The van der Waals surface area contributed by atoms with Crippen LogP contribution in [0.1, 0.15) is 45.4 Å². The normalized spacial score (nSPS) is 39.1. The van der Waals surface area contributed by atoms with Crippen molar-refractivity contribution in [1.29, 1.82) is 0 Å². The summed E-state index contributed by atoms with van der Waals surface area (Å²) in [6.07, 6.45) is 5.85. The SMILES string of the molecule is CC1CCC2(CC1)NC(=O)N(C[C@@H]1CCCN1)C2=O. The van der Waals surface area contributed by atoms with E-state index in [0.717, 1.165) is 45.1 Å². The number of urea groups is 1. The van der Waals surface area contributed by atoms with E-state index in [1.165, 1.54) is 4.90 Å². The van der Waals surface area contributed by atoms with E-state index in [4.69, 9.17) is 0 Å². The number of nitrogens with one attached hydrogen (secondary N) is 2. The Labute approximate surface area is 114 Å². The highest BCUT2D eigenvalue weighted by molar-refractivity contribution is 6.07. The van der Waals surface area contributed by atoms with Crippen molar-refractivity contribution in [2.24, 2.45) is 5.92 Å². The molecule has 106 valence electrons. The lowest BCUT2D eigenvalue weighted by Gasteiger charge is -2.33. The van der Waals surface area contributed by atoms with Crippen molar-refractivity contribution < 1.29 is 9.59 Å². The number of rotatable bonds is 2. The first-order chi connectivity index (χ1) is 9.11. The molecule has 1 aliphatic carbocycles. The molecule has 1 atom stereocenters. The summed E-state index contributed by atoms with van der Waals surface area (Å²) in [7, 11) is 0. The summed E-state index contributed by atoms with van der Waals surface area (Å²) >= 11 is 0. The summed E-state index contributed by atoms with van der Waals surface area (Å²) in [6, 6.07) is 0.0978. The largest absolute Gasteiger partial charge is 0.325 e. The molecule has 2 heterocycles. The quantitative estimate of drug-likeness (QED) is 0.738. The smallest absolute Gasteiger partial charge is 0.323 e. The number of imide groups is 1. The predicted octanol–water partition coefficient (Wildman–Crippen LogP) is 1.24. The van der Waals surface area contributed by atoms with Crippen LogP contribution in [0.25, 0.3) is 0 Å². The number of carbonyl (C=O) groups is 2. The Bertz CT molecular complexity index is 382. The van der Waals surface area contributed by atoms with Crippen molar-refractivity contribution in [2.45, 2.75) is 57.0 Å². The second-order valence-corrected chi connectivity index (χ2v) is 6.40. The molecule has 19 heavy (non-hydrogen) atoms. The molecule has 0 unspecified atom stereocenters. The van der Waals surface area contributed by atoms with E-state index in [1.807, 2.05) is 0 Å². The van der Waals surface area contributed by atoms with Crippen molar-refractivity contribution in [2.75, 3.05) is 13.1 Å². The van der Waals surface area contributed by atoms with Gasteiger partial charge in [-0.05, 0) is 51.0 Å². The molecule has 0 aromatic rings. The van der Waals surface area contributed by atoms with E-state index in [0.29, 0.717) is 12.5 Å². The Morgan fingerprint density at radius 1 is 1.26 bits per heavy atom. The van der Waals surface area contributed by atoms with Crippen molar-refractivity contribution in [3.05, 3.63) is 0 Å². The standard InChI is InChI=1S/C14H23N3O2/c1-10-4-6-14(7-5-10)12(18)17(13(19)16-14)9-11-3-2-8-15-11/h10-11,15H,2-9H2,1H3,(H,16,19)/t10?,11-,14?/m0/s1. The lowest BCUT2D eigenvalue weighted by Crippen LogP contribution is -2.50. The highest BCUT2D eigenvalue weighted by Gasteiger charge is 2.52. The third kappa shape index (κ3) is 2.24. The van der Waals surface area contributed by atoms with Gasteiger partial charge in [0.05, 0.1) is 0 Å². The molecule has 5 heteroatoms. The molecule has 0 radical (unpaired) electrons. The first-order valence-corrected chi connectivity index (χ1v) is 7.48. The number of amides is 3. The summed E-state index contributed by atoms with van der Waals surface area (Å²) < 4.78 is 0. The first kappa shape index (κ1) is 12.9. The Morgan fingerprint density at radius 3 is 2.63 bits per heavy atom. The van der Waals surface area contributed by atoms with E-state index in [1.54, 1.807) is 0 Å². The van der Waals surface area contributed by atoms with Gasteiger partial charge in [-0.15, -0.1) is 0 Å². The maximum Gasteiger partial charge on any atom is 0.325 e. The molecular weight excluding hydrogens is 242 g/mol. The van der Waals surface area contributed by atoms with E-state index in [-0.39, 0.29) is 18.0 Å². The van der Waals surface area contributed by atoms with Crippen LogP contribution < -0.4 is 10.6 Å². The van der Waals surface area contributed by atoms with Crippen LogP contribution >= 0.6 is 0 Å². The Kier molecular flexibility index (Phi) is 3.25. The van der Waals surface area contributed by atoms with Gasteiger partial charge < -0.3 is 10.6 Å². The van der Waals surface area contributed by atoms with Crippen molar-refractivity contribution >= 4 is 11.9 Å². The Morgan fingerprint density at radius 2 is 2.00 bits per heavy atom. The van der Waals surface area contributed by atoms with Crippen LogP contribution in [0, 0.1) is 5.92 Å². The van der Waals surface area contributed by atoms with Gasteiger partial charge in [0, 0.05) is 12.6 Å². The van der Waals surface area contributed by atoms with Crippen LogP contribution in [0.3, 0.4) is 0 Å². The minimum atomic E-state index is -0.581. The molecule has 3 aliphatic rings. The van der Waals surface area contributed by atoms with Gasteiger partial charge in [-0.25, -0.2) is 4.79 Å². The van der Waals surface area contributed by atoms with E-state index < -0.39 is 5.54 Å². The predicted molar refractivity (Wildman–Crippen MR) is 71.6 cm³/mol. The zero-order valence-corrected chi connectivity index (χ0v) is 11.6. The van der Waals surface area contributed by atoms with Gasteiger partial charge in [0.25, 0.3) is 5.91 Å². The zero-order valence-electron chi connectivity index (χ0n) is 11.6. The van der Waals surface area contributed by atoms with Crippen molar-refractivity contribution in [3.63, 3.8) is 0 Å². The minimum Gasteiger partial charge on any atom is -0.323 e. The van der Waals surface area contributed by atoms with Crippen LogP contribution in [-0.2, 0) is 4.79 Å². The van der Waals surface area contributed by atoms with Gasteiger partial charge in [0.1, 0.15) is 5.54 Å². The molecule has 2 N–H and O–H groups in total. The molecule has 2 aliphatic heterocycles. The topological polar surface area (TPSA) is 61.4 Å². The molecule has 5 nitrogen and oxygen atoms in total. The number of nitrogens with zero attached hydrogens (tertiary/aromatic N) is 1. The highest BCUT2D eigenvalue weighted by Crippen LogP contribution is 2.36. The van der Waals surface area contributed by atoms with Crippen LogP contribution in [-0.4, -0.2) is 41.5 Å². The third-order valence-corrected chi connectivity index (χ3v) is 4.94. The highest BCUT2D eigenvalue weighted by atomic mass is 16.2. The van der Waals surface area contributed by atoms with Crippen molar-refractivity contribution in [3.8, 4) is 0 Å². The lowest BCUT2D eigenvalue weighted by molar-refractivity contribution is -0.132. The molecule has 1 saturated carbocycles. The molecule has 3 rings (SSSR count). The van der Waals surface area contributed by atoms with Gasteiger partial charge >= 0.3 is 6.03 Å². The molecule has 0 aromatic heterocycles. The van der Waals surface area contributed by atoms with Gasteiger partial charge in [-0.2, -0.15) is 0 Å². The zero-order chi connectivity index (χ0) is 13.5.